The lowest BCUT2D eigenvalue weighted by Gasteiger charge is -2.39. The molecule has 1 heterocycles. The number of carbonyl (C=O) groups excluding carboxylic acids is 2. The van der Waals surface area contributed by atoms with E-state index in [1.54, 1.807) is 19.9 Å². The summed E-state index contributed by atoms with van der Waals surface area (Å²) in [5.74, 6) is -1.51. The molecule has 1 saturated carbocycles. The number of ketones is 1. The lowest BCUT2D eigenvalue weighted by Crippen LogP contribution is -2.48. The Bertz CT molecular complexity index is 464. The molecule has 0 bridgehead atoms. The van der Waals surface area contributed by atoms with Crippen molar-refractivity contribution >= 4 is 11.8 Å². The minimum absolute atomic E-state index is 0.0516. The molecule has 0 radical (unpaired) electrons. The molecule has 1 aliphatic rings. The SMILES string of the molecule is CCOC(=O)[C@H]1C[C@@H](C)C(=O)C[C@]1(O)c1ccoc1. The first kappa shape index (κ1) is 13.8. The van der Waals surface area contributed by atoms with Gasteiger partial charge < -0.3 is 14.3 Å². The summed E-state index contributed by atoms with van der Waals surface area (Å²) in [4.78, 5) is 23.9. The zero-order valence-corrected chi connectivity index (χ0v) is 11.1. The number of Topliss-reactive ketones (excluding diaryl/α,β-unsaturated/α-hetero) is 1. The third kappa shape index (κ3) is 2.42. The Morgan fingerprint density at radius 2 is 2.37 bits per heavy atom. The van der Waals surface area contributed by atoms with E-state index in [2.05, 4.69) is 0 Å². The molecule has 1 N–H and O–H groups in total. The lowest BCUT2D eigenvalue weighted by atomic mass is 9.68. The molecule has 5 heteroatoms. The molecule has 1 fully saturated rings. The van der Waals surface area contributed by atoms with Gasteiger partial charge in [-0.3, -0.25) is 9.59 Å². The molecule has 0 saturated heterocycles. The van der Waals surface area contributed by atoms with Crippen molar-refractivity contribution < 1.29 is 23.8 Å². The molecular formula is C14H18O5. The Balaban J connectivity index is 2.35. The summed E-state index contributed by atoms with van der Waals surface area (Å²) in [6, 6.07) is 1.58. The van der Waals surface area contributed by atoms with Gasteiger partial charge in [0, 0.05) is 17.9 Å². The summed E-state index contributed by atoms with van der Waals surface area (Å²) >= 11 is 0. The normalized spacial score (nSPS) is 31.2. The van der Waals surface area contributed by atoms with Crippen LogP contribution in [0.5, 0.6) is 0 Å². The number of rotatable bonds is 3. The van der Waals surface area contributed by atoms with E-state index in [-0.39, 0.29) is 24.7 Å². The summed E-state index contributed by atoms with van der Waals surface area (Å²) in [7, 11) is 0. The molecule has 0 aromatic carbocycles. The monoisotopic (exact) mass is 266 g/mol. The highest BCUT2D eigenvalue weighted by molar-refractivity contribution is 5.86. The first-order valence-corrected chi connectivity index (χ1v) is 6.43. The number of hydrogen-bond donors (Lipinski definition) is 1. The smallest absolute Gasteiger partial charge is 0.312 e. The highest BCUT2D eigenvalue weighted by Crippen LogP contribution is 2.43. The van der Waals surface area contributed by atoms with Crippen LogP contribution in [0.3, 0.4) is 0 Å². The molecule has 0 spiro atoms. The lowest BCUT2D eigenvalue weighted by molar-refractivity contribution is -0.167. The molecule has 0 aliphatic heterocycles. The first-order valence-electron chi connectivity index (χ1n) is 6.43. The second kappa shape index (κ2) is 5.17. The van der Waals surface area contributed by atoms with E-state index >= 15 is 0 Å². The van der Waals surface area contributed by atoms with Gasteiger partial charge in [-0.1, -0.05) is 6.92 Å². The van der Waals surface area contributed by atoms with Gasteiger partial charge in [0.05, 0.1) is 25.1 Å². The summed E-state index contributed by atoms with van der Waals surface area (Å²) < 4.78 is 9.98. The molecule has 19 heavy (non-hydrogen) atoms. The number of hydrogen-bond acceptors (Lipinski definition) is 5. The molecule has 1 aromatic rings. The summed E-state index contributed by atoms with van der Waals surface area (Å²) in [5.41, 5.74) is -1.08. The maximum absolute atomic E-state index is 12.0. The van der Waals surface area contributed by atoms with Crippen LogP contribution in [-0.4, -0.2) is 23.5 Å². The fourth-order valence-corrected chi connectivity index (χ4v) is 2.59. The fourth-order valence-electron chi connectivity index (χ4n) is 2.59. The van der Waals surface area contributed by atoms with Gasteiger partial charge >= 0.3 is 5.97 Å². The summed E-state index contributed by atoms with van der Waals surface area (Å²) in [5, 5.41) is 10.8. The van der Waals surface area contributed by atoms with Gasteiger partial charge in [0.2, 0.25) is 0 Å². The van der Waals surface area contributed by atoms with Gasteiger partial charge in [-0.25, -0.2) is 0 Å². The minimum atomic E-state index is -1.52. The number of esters is 1. The molecule has 0 unspecified atom stereocenters. The molecule has 0 amide bonds. The van der Waals surface area contributed by atoms with Crippen LogP contribution in [-0.2, 0) is 19.9 Å². The van der Waals surface area contributed by atoms with Crippen LogP contribution >= 0.6 is 0 Å². The van der Waals surface area contributed by atoms with E-state index in [0.717, 1.165) is 0 Å². The van der Waals surface area contributed by atoms with Crippen molar-refractivity contribution in [1.29, 1.82) is 0 Å². The predicted molar refractivity (Wildman–Crippen MR) is 66.1 cm³/mol. The zero-order valence-electron chi connectivity index (χ0n) is 11.1. The Kier molecular flexibility index (Phi) is 3.75. The molecule has 1 aliphatic carbocycles. The average molecular weight is 266 g/mol. The number of furan rings is 1. The zero-order chi connectivity index (χ0) is 14.0. The predicted octanol–water partition coefficient (Wildman–Crippen LogP) is 1.65. The van der Waals surface area contributed by atoms with Gasteiger partial charge in [0.1, 0.15) is 11.4 Å². The van der Waals surface area contributed by atoms with Gasteiger partial charge in [0.25, 0.3) is 0 Å². The topological polar surface area (TPSA) is 76.7 Å². The van der Waals surface area contributed by atoms with Gasteiger partial charge in [-0.15, -0.1) is 0 Å². The van der Waals surface area contributed by atoms with Crippen LogP contribution in [0.4, 0.5) is 0 Å². The van der Waals surface area contributed by atoms with Crippen molar-refractivity contribution in [1.82, 2.24) is 0 Å². The third-order valence-electron chi connectivity index (χ3n) is 3.75. The Labute approximate surface area is 111 Å². The first-order chi connectivity index (χ1) is 8.99. The van der Waals surface area contributed by atoms with E-state index in [1.165, 1.54) is 12.5 Å². The second-order valence-electron chi connectivity index (χ2n) is 5.02. The van der Waals surface area contributed by atoms with E-state index in [1.807, 2.05) is 0 Å². The van der Waals surface area contributed by atoms with E-state index in [4.69, 9.17) is 9.15 Å². The molecular weight excluding hydrogens is 248 g/mol. The van der Waals surface area contributed by atoms with Crippen LogP contribution in [0.15, 0.2) is 23.0 Å². The quantitative estimate of drug-likeness (QED) is 0.842. The Morgan fingerprint density at radius 1 is 1.63 bits per heavy atom. The number of carbonyl (C=O) groups is 2. The van der Waals surface area contributed by atoms with Crippen LogP contribution in [0, 0.1) is 11.8 Å². The van der Waals surface area contributed by atoms with Gasteiger partial charge in [-0.05, 0) is 19.4 Å². The number of ether oxygens (including phenoxy) is 1. The molecule has 3 atom stereocenters. The Morgan fingerprint density at radius 3 is 2.95 bits per heavy atom. The number of aliphatic hydroxyl groups is 1. The maximum atomic E-state index is 12.0. The van der Waals surface area contributed by atoms with Gasteiger partial charge in [-0.2, -0.15) is 0 Å². The third-order valence-corrected chi connectivity index (χ3v) is 3.75. The van der Waals surface area contributed by atoms with Crippen molar-refractivity contribution in [2.45, 2.75) is 32.3 Å². The average Bonchev–Trinajstić information content (AvgIpc) is 2.88. The van der Waals surface area contributed by atoms with E-state index < -0.39 is 17.5 Å². The molecule has 1 aromatic heterocycles. The molecule has 2 rings (SSSR count). The molecule has 5 nitrogen and oxygen atoms in total. The van der Waals surface area contributed by atoms with Crippen molar-refractivity contribution in [2.24, 2.45) is 11.8 Å². The summed E-state index contributed by atoms with van der Waals surface area (Å²) in [6.45, 7) is 3.73. The minimum Gasteiger partial charge on any atom is -0.472 e. The van der Waals surface area contributed by atoms with E-state index in [0.29, 0.717) is 12.0 Å². The maximum Gasteiger partial charge on any atom is 0.312 e. The fraction of sp³-hybridized carbons (Fsp3) is 0.571. The Hall–Kier alpha value is -1.62. The molecule has 104 valence electrons. The standard InChI is InChI=1S/C14H18O5/c1-3-19-13(16)11-6-9(2)12(15)7-14(11,17)10-4-5-18-8-10/h4-5,8-9,11,17H,3,6-7H2,1-2H3/t9-,11-,14+/m1/s1. The van der Waals surface area contributed by atoms with Crippen LogP contribution in [0.1, 0.15) is 32.3 Å². The largest absolute Gasteiger partial charge is 0.472 e. The van der Waals surface area contributed by atoms with Crippen LogP contribution < -0.4 is 0 Å². The van der Waals surface area contributed by atoms with Crippen LogP contribution in [0.25, 0.3) is 0 Å². The highest BCUT2D eigenvalue weighted by atomic mass is 16.5. The van der Waals surface area contributed by atoms with Crippen molar-refractivity contribution in [3.05, 3.63) is 24.2 Å². The van der Waals surface area contributed by atoms with E-state index in [9.17, 15) is 14.7 Å². The van der Waals surface area contributed by atoms with Crippen molar-refractivity contribution in [2.75, 3.05) is 6.61 Å². The van der Waals surface area contributed by atoms with Gasteiger partial charge in [0.15, 0.2) is 0 Å². The summed E-state index contributed by atoms with van der Waals surface area (Å²) in [6.07, 6.45) is 2.99. The van der Waals surface area contributed by atoms with Crippen molar-refractivity contribution in [3.63, 3.8) is 0 Å². The van der Waals surface area contributed by atoms with Crippen molar-refractivity contribution in [3.8, 4) is 0 Å². The van der Waals surface area contributed by atoms with Crippen LogP contribution in [0.2, 0.25) is 0 Å². The highest BCUT2D eigenvalue weighted by Gasteiger charge is 2.50. The second-order valence-corrected chi connectivity index (χ2v) is 5.02.